The fourth-order valence-corrected chi connectivity index (χ4v) is 3.83. The molecule has 4 aromatic rings. The summed E-state index contributed by atoms with van der Waals surface area (Å²) < 4.78 is 34.9. The van der Waals surface area contributed by atoms with E-state index in [1.54, 1.807) is 30.3 Å². The minimum atomic E-state index is -1.86. The molecule has 0 spiro atoms. The first-order valence-corrected chi connectivity index (χ1v) is 10.8. The molecular formula is C24H19F2N3O3S. The monoisotopic (exact) mass is 467 g/mol. The van der Waals surface area contributed by atoms with Crippen LogP contribution in [0.3, 0.4) is 0 Å². The molecule has 33 heavy (non-hydrogen) atoms. The first-order chi connectivity index (χ1) is 15.9. The largest absolute Gasteiger partial charge is 0.490 e. The molecule has 0 aliphatic carbocycles. The Balaban J connectivity index is 1.48. The van der Waals surface area contributed by atoms with Crippen LogP contribution in [0, 0.1) is 11.6 Å². The van der Waals surface area contributed by atoms with Gasteiger partial charge in [-0.1, -0.05) is 12.1 Å². The van der Waals surface area contributed by atoms with Crippen LogP contribution < -0.4 is 4.74 Å². The molecule has 2 heterocycles. The highest BCUT2D eigenvalue weighted by Crippen LogP contribution is 2.28. The minimum Gasteiger partial charge on any atom is -0.490 e. The Kier molecular flexibility index (Phi) is 6.71. The van der Waals surface area contributed by atoms with Crippen LogP contribution in [0.25, 0.3) is 6.08 Å². The van der Waals surface area contributed by atoms with Crippen LogP contribution in [-0.4, -0.2) is 32.3 Å². The van der Waals surface area contributed by atoms with Crippen molar-refractivity contribution in [1.29, 1.82) is 0 Å². The lowest BCUT2D eigenvalue weighted by molar-refractivity contribution is -0.0297. The zero-order valence-electron chi connectivity index (χ0n) is 17.3. The van der Waals surface area contributed by atoms with E-state index >= 15 is 0 Å². The number of allylic oxidation sites excluding steroid dienone is 1. The summed E-state index contributed by atoms with van der Waals surface area (Å²) in [5.41, 5.74) is -1.52. The van der Waals surface area contributed by atoms with Gasteiger partial charge in [-0.2, -0.15) is 5.10 Å². The second kappa shape index (κ2) is 9.85. The van der Waals surface area contributed by atoms with Gasteiger partial charge in [0.1, 0.15) is 42.2 Å². The zero-order valence-corrected chi connectivity index (χ0v) is 18.1. The van der Waals surface area contributed by atoms with Crippen molar-refractivity contribution in [3.8, 4) is 5.75 Å². The van der Waals surface area contributed by atoms with E-state index in [1.807, 2.05) is 17.5 Å². The average Bonchev–Trinajstić information content (AvgIpc) is 3.51. The lowest BCUT2D eigenvalue weighted by atomic mass is 9.94. The van der Waals surface area contributed by atoms with Gasteiger partial charge in [0.25, 0.3) is 0 Å². The predicted octanol–water partition coefficient (Wildman–Crippen LogP) is 4.48. The molecule has 0 saturated carbocycles. The molecule has 9 heteroatoms. The van der Waals surface area contributed by atoms with Crippen LogP contribution in [0.1, 0.15) is 20.8 Å². The summed E-state index contributed by atoms with van der Waals surface area (Å²) in [4.78, 5) is 17.1. The van der Waals surface area contributed by atoms with Crippen molar-refractivity contribution in [3.63, 3.8) is 0 Å². The standard InChI is InChI=1S/C24H19F2N3O3S/c25-18-5-9-21(22(26)12-18)24(31,13-29-16-27-15-28-29)14-32-19-6-3-17(4-7-19)23(30)10-8-20-2-1-11-33-20/h1-12,15-16,31H,13-14H2/b10-8+/t24-/m1/s1. The molecule has 6 nitrogen and oxygen atoms in total. The van der Waals surface area contributed by atoms with Crippen molar-refractivity contribution >= 4 is 23.2 Å². The second-order valence-corrected chi connectivity index (χ2v) is 8.25. The van der Waals surface area contributed by atoms with E-state index < -0.39 is 17.2 Å². The number of aromatic nitrogens is 3. The quantitative estimate of drug-likeness (QED) is 0.290. The Hall–Kier alpha value is -3.69. The van der Waals surface area contributed by atoms with Gasteiger partial charge in [0.2, 0.25) is 0 Å². The Morgan fingerprint density at radius 2 is 2.00 bits per heavy atom. The van der Waals surface area contributed by atoms with Crippen molar-refractivity contribution in [2.45, 2.75) is 12.1 Å². The number of aliphatic hydroxyl groups is 1. The number of ether oxygens (including phenoxy) is 1. The van der Waals surface area contributed by atoms with Crippen LogP contribution >= 0.6 is 11.3 Å². The number of carbonyl (C=O) groups is 1. The molecule has 0 bridgehead atoms. The number of rotatable bonds is 9. The highest BCUT2D eigenvalue weighted by Gasteiger charge is 2.34. The second-order valence-electron chi connectivity index (χ2n) is 7.27. The van der Waals surface area contributed by atoms with Crippen molar-refractivity contribution in [1.82, 2.24) is 14.8 Å². The van der Waals surface area contributed by atoms with E-state index in [0.29, 0.717) is 17.4 Å². The molecule has 0 radical (unpaired) electrons. The fourth-order valence-electron chi connectivity index (χ4n) is 3.22. The highest BCUT2D eigenvalue weighted by molar-refractivity contribution is 7.10. The van der Waals surface area contributed by atoms with E-state index in [-0.39, 0.29) is 24.5 Å². The number of nitrogens with zero attached hydrogens (tertiary/aromatic N) is 3. The van der Waals surface area contributed by atoms with Gasteiger partial charge in [0.15, 0.2) is 5.78 Å². The Morgan fingerprint density at radius 1 is 1.18 bits per heavy atom. The van der Waals surface area contributed by atoms with Gasteiger partial charge in [-0.25, -0.2) is 18.4 Å². The van der Waals surface area contributed by atoms with Crippen LogP contribution in [0.4, 0.5) is 8.78 Å². The van der Waals surface area contributed by atoms with Crippen LogP contribution in [-0.2, 0) is 12.1 Å². The summed E-state index contributed by atoms with van der Waals surface area (Å²) >= 11 is 1.53. The molecule has 0 amide bonds. The maximum absolute atomic E-state index is 14.5. The summed E-state index contributed by atoms with van der Waals surface area (Å²) in [5.74, 6) is -1.45. The van der Waals surface area contributed by atoms with Crippen LogP contribution in [0.15, 0.2) is 78.7 Å². The van der Waals surface area contributed by atoms with Crippen LogP contribution in [0.2, 0.25) is 0 Å². The van der Waals surface area contributed by atoms with Gasteiger partial charge in [-0.15, -0.1) is 11.3 Å². The molecule has 4 rings (SSSR count). The van der Waals surface area contributed by atoms with Gasteiger partial charge in [-0.05, 0) is 53.9 Å². The van der Waals surface area contributed by atoms with E-state index in [0.717, 1.165) is 10.9 Å². The first kappa shape index (κ1) is 22.5. The van der Waals surface area contributed by atoms with Gasteiger partial charge in [0.05, 0.1) is 6.54 Å². The number of hydrogen-bond donors (Lipinski definition) is 1. The molecule has 0 fully saturated rings. The SMILES string of the molecule is O=C(/C=C/c1cccs1)c1ccc(OC[C@](O)(Cn2cncn2)c2ccc(F)cc2F)cc1. The van der Waals surface area contributed by atoms with Crippen LogP contribution in [0.5, 0.6) is 5.75 Å². The summed E-state index contributed by atoms with van der Waals surface area (Å²) in [7, 11) is 0. The van der Waals surface area contributed by atoms with E-state index in [1.165, 1.54) is 40.8 Å². The maximum Gasteiger partial charge on any atom is 0.185 e. The van der Waals surface area contributed by atoms with Gasteiger partial charge in [0, 0.05) is 22.1 Å². The number of halogens is 2. The lowest BCUT2D eigenvalue weighted by Crippen LogP contribution is -2.39. The summed E-state index contributed by atoms with van der Waals surface area (Å²) in [6, 6.07) is 13.1. The molecule has 2 aromatic carbocycles. The number of benzene rings is 2. The molecule has 168 valence electrons. The highest BCUT2D eigenvalue weighted by atomic mass is 32.1. The van der Waals surface area contributed by atoms with Crippen molar-refractivity contribution < 1.29 is 23.4 Å². The zero-order chi connectivity index (χ0) is 23.3. The predicted molar refractivity (Wildman–Crippen MR) is 120 cm³/mol. The summed E-state index contributed by atoms with van der Waals surface area (Å²) in [6.45, 7) is -0.513. The third-order valence-corrected chi connectivity index (χ3v) is 5.72. The average molecular weight is 467 g/mol. The third kappa shape index (κ3) is 5.57. The number of hydrogen-bond acceptors (Lipinski definition) is 6. The molecule has 1 N–H and O–H groups in total. The molecule has 0 saturated heterocycles. The minimum absolute atomic E-state index is 0.134. The van der Waals surface area contributed by atoms with Crippen molar-refractivity contribution in [2.75, 3.05) is 6.61 Å². The Bertz CT molecular complexity index is 1240. The maximum atomic E-state index is 14.5. The fraction of sp³-hybridized carbons (Fsp3) is 0.125. The van der Waals surface area contributed by atoms with Crippen molar-refractivity contribution in [2.24, 2.45) is 0 Å². The first-order valence-electron chi connectivity index (χ1n) is 9.92. The topological polar surface area (TPSA) is 77.2 Å². The molecule has 1 atom stereocenters. The third-order valence-electron chi connectivity index (χ3n) is 4.88. The molecular weight excluding hydrogens is 448 g/mol. The van der Waals surface area contributed by atoms with Crippen molar-refractivity contribution in [3.05, 3.63) is 106 Å². The van der Waals surface area contributed by atoms with E-state index in [9.17, 15) is 18.7 Å². The van der Waals surface area contributed by atoms with Gasteiger partial charge < -0.3 is 9.84 Å². The molecule has 2 aromatic heterocycles. The summed E-state index contributed by atoms with van der Waals surface area (Å²) in [6.07, 6.45) is 5.90. The Morgan fingerprint density at radius 3 is 2.67 bits per heavy atom. The molecule has 0 aliphatic rings. The molecule has 0 unspecified atom stereocenters. The normalized spacial score (nSPS) is 13.2. The lowest BCUT2D eigenvalue weighted by Gasteiger charge is -2.29. The van der Waals surface area contributed by atoms with Gasteiger partial charge in [-0.3, -0.25) is 4.79 Å². The Labute approximate surface area is 192 Å². The number of ketones is 1. The smallest absolute Gasteiger partial charge is 0.185 e. The molecule has 0 aliphatic heterocycles. The van der Waals surface area contributed by atoms with E-state index in [2.05, 4.69) is 10.1 Å². The number of carbonyl (C=O) groups excluding carboxylic acids is 1. The van der Waals surface area contributed by atoms with Gasteiger partial charge >= 0.3 is 0 Å². The summed E-state index contributed by atoms with van der Waals surface area (Å²) in [5, 5.41) is 17.1. The number of thiophene rings is 1. The van der Waals surface area contributed by atoms with E-state index in [4.69, 9.17) is 4.74 Å².